The number of nitrogens with zero attached hydrogens (tertiary/aromatic N) is 1. The molecule has 506 valence electrons. The summed E-state index contributed by atoms with van der Waals surface area (Å²) in [5.74, 6) is -0.504. The molecule has 0 aromatic heterocycles. The number of hydrogen-bond donors (Lipinski definition) is 2. The Balaban J connectivity index is 5.09. The van der Waals surface area contributed by atoms with E-state index in [0.717, 1.165) is 96.3 Å². The van der Waals surface area contributed by atoms with Crippen LogP contribution >= 0.6 is 7.82 Å². The molecule has 0 aliphatic heterocycles. The lowest BCUT2D eigenvalue weighted by molar-refractivity contribution is -0.870. The number of phosphoric ester groups is 1. The van der Waals surface area contributed by atoms with E-state index in [1.165, 1.54) is 212 Å². The van der Waals surface area contributed by atoms with Gasteiger partial charge in [-0.2, -0.15) is 0 Å². The number of likely N-dealkylation sites (N-methyl/N-ethyl adjacent to an activating group) is 1. The van der Waals surface area contributed by atoms with E-state index in [0.29, 0.717) is 17.4 Å². The molecule has 0 aromatic carbocycles. The first-order valence-corrected chi connectivity index (χ1v) is 38.4. The largest absolute Gasteiger partial charge is 0.472 e. The van der Waals surface area contributed by atoms with Gasteiger partial charge < -0.3 is 19.4 Å². The third-order valence-electron chi connectivity index (χ3n) is 16.3. The van der Waals surface area contributed by atoms with Gasteiger partial charge in [0.15, 0.2) is 0 Å². The highest BCUT2D eigenvalue weighted by Crippen LogP contribution is 2.43. The zero-order valence-electron chi connectivity index (χ0n) is 58.0. The molecule has 0 radical (unpaired) electrons. The molecule has 0 spiro atoms. The van der Waals surface area contributed by atoms with Crippen molar-refractivity contribution in [2.24, 2.45) is 0 Å². The first kappa shape index (κ1) is 84.2. The van der Waals surface area contributed by atoms with E-state index in [-0.39, 0.29) is 31.5 Å². The Morgan fingerprint density at radius 2 is 0.701 bits per heavy atom. The molecule has 0 rings (SSSR count). The van der Waals surface area contributed by atoms with Gasteiger partial charge in [0.1, 0.15) is 19.3 Å². The molecule has 2 N–H and O–H groups in total. The average Bonchev–Trinajstić information content (AvgIpc) is 3.70. The number of carbonyl (C=O) groups is 2. The van der Waals surface area contributed by atoms with Gasteiger partial charge in [0.25, 0.3) is 0 Å². The molecular formula is C77H142N2O7P+. The number of allylic oxidation sites excluding steroid dienone is 13. The predicted octanol–water partition coefficient (Wildman–Crippen LogP) is 23.7. The van der Waals surface area contributed by atoms with E-state index in [9.17, 15) is 19.0 Å². The predicted molar refractivity (Wildman–Crippen MR) is 378 cm³/mol. The molecule has 0 saturated carbocycles. The molecule has 10 heteroatoms. The molecule has 9 nitrogen and oxygen atoms in total. The van der Waals surface area contributed by atoms with Crippen LogP contribution in [0.1, 0.15) is 342 Å². The van der Waals surface area contributed by atoms with Crippen LogP contribution in [0.3, 0.4) is 0 Å². The van der Waals surface area contributed by atoms with Gasteiger partial charge in [0.05, 0.1) is 33.8 Å². The van der Waals surface area contributed by atoms with Crippen molar-refractivity contribution in [2.45, 2.75) is 354 Å². The van der Waals surface area contributed by atoms with Crippen molar-refractivity contribution in [1.82, 2.24) is 5.32 Å². The number of phosphoric acid groups is 1. The summed E-state index contributed by atoms with van der Waals surface area (Å²) < 4.78 is 30.9. The minimum absolute atomic E-state index is 0.0368. The Kier molecular flexibility index (Phi) is 64.0. The lowest BCUT2D eigenvalue weighted by Gasteiger charge is -2.27. The van der Waals surface area contributed by atoms with Gasteiger partial charge in [0, 0.05) is 12.8 Å². The van der Waals surface area contributed by atoms with Crippen LogP contribution in [0.2, 0.25) is 0 Å². The number of carbonyl (C=O) groups excluding carboxylic acids is 2. The fourth-order valence-electron chi connectivity index (χ4n) is 10.6. The second-order valence-corrected chi connectivity index (χ2v) is 27.6. The van der Waals surface area contributed by atoms with Gasteiger partial charge in [-0.25, -0.2) is 4.57 Å². The molecule has 0 aliphatic carbocycles. The average molecular weight is 1240 g/mol. The van der Waals surface area contributed by atoms with Crippen molar-refractivity contribution in [1.29, 1.82) is 0 Å². The van der Waals surface area contributed by atoms with Crippen molar-refractivity contribution in [2.75, 3.05) is 40.9 Å². The zero-order chi connectivity index (χ0) is 63.5. The second kappa shape index (κ2) is 66.1. The number of amides is 1. The Hall–Kier alpha value is -2.81. The topological polar surface area (TPSA) is 111 Å². The number of quaternary nitrogens is 1. The maximum absolute atomic E-state index is 13.6. The highest BCUT2D eigenvalue weighted by atomic mass is 31.2. The monoisotopic (exact) mass is 1240 g/mol. The van der Waals surface area contributed by atoms with Gasteiger partial charge in [-0.1, -0.05) is 305 Å². The lowest BCUT2D eigenvalue weighted by atomic mass is 10.0. The summed E-state index contributed by atoms with van der Waals surface area (Å²) >= 11 is 0. The van der Waals surface area contributed by atoms with Crippen LogP contribution in [-0.2, 0) is 27.9 Å². The van der Waals surface area contributed by atoms with Crippen LogP contribution in [0, 0.1) is 0 Å². The molecule has 0 fully saturated rings. The summed E-state index contributed by atoms with van der Waals surface area (Å²) in [7, 11) is 1.49. The van der Waals surface area contributed by atoms with E-state index in [1.54, 1.807) is 0 Å². The number of hydrogen-bond acceptors (Lipinski definition) is 6. The standard InChI is InChI=1S/C77H141N2O7P/c1-7-10-13-16-19-22-25-28-30-32-34-36-38-39-41-42-44-46-48-51-54-57-60-63-66-69-76(80)78-74(73-85-87(82,83)84-72-71-79(4,5)6)75(68-65-62-59-56-53-50-27-24-21-18-15-12-9-3)86-77(81)70-67-64-61-58-55-52-49-47-45-43-40-37-35-33-31-29-26-23-20-17-14-11-8-2/h19-20,22-23,28-31,34,36,39,41,65,68,74-75H,7-18,21,24-27,32-33,35,37-38,40,42-64,66-67,69-73H2,1-6H3,(H-,78,80,82,83)/p+1/b22-19-,23-20-,30-28-,31-29-,36-34-,41-39-,68-65+. The van der Waals surface area contributed by atoms with Gasteiger partial charge in [0.2, 0.25) is 5.91 Å². The van der Waals surface area contributed by atoms with Crippen LogP contribution in [0.25, 0.3) is 0 Å². The molecule has 0 aromatic rings. The molecule has 1 amide bonds. The highest BCUT2D eigenvalue weighted by molar-refractivity contribution is 7.47. The van der Waals surface area contributed by atoms with Crippen molar-refractivity contribution in [3.63, 3.8) is 0 Å². The highest BCUT2D eigenvalue weighted by Gasteiger charge is 2.30. The van der Waals surface area contributed by atoms with Gasteiger partial charge in [-0.05, 0) is 109 Å². The van der Waals surface area contributed by atoms with Gasteiger partial charge in [-0.15, -0.1) is 0 Å². The maximum atomic E-state index is 13.6. The Morgan fingerprint density at radius 1 is 0.402 bits per heavy atom. The van der Waals surface area contributed by atoms with E-state index >= 15 is 0 Å². The minimum atomic E-state index is -4.46. The van der Waals surface area contributed by atoms with Gasteiger partial charge >= 0.3 is 13.8 Å². The first-order chi connectivity index (χ1) is 42.4. The summed E-state index contributed by atoms with van der Waals surface area (Å²) in [6.45, 7) is 6.99. The Morgan fingerprint density at radius 3 is 1.07 bits per heavy atom. The molecule has 3 atom stereocenters. The molecule has 87 heavy (non-hydrogen) atoms. The number of unbranched alkanes of at least 4 members (excludes halogenated alkanes) is 39. The van der Waals surface area contributed by atoms with E-state index in [2.05, 4.69) is 99.0 Å². The minimum Gasteiger partial charge on any atom is -0.456 e. The smallest absolute Gasteiger partial charge is 0.456 e. The Bertz CT molecular complexity index is 1760. The summed E-state index contributed by atoms with van der Waals surface area (Å²) in [6, 6.07) is -0.857. The third-order valence-corrected chi connectivity index (χ3v) is 17.3. The molecule has 3 unspecified atom stereocenters. The SMILES string of the molecule is CCCCC/C=C\C/C=C\C/C=C\C/C=C\CCCCCCCCCCCC(=O)NC(COP(=O)(O)OCC[N+](C)(C)C)C(/C=C/CCCCCCCCCCCCC)OC(=O)CCCCCCCCCCCCCCC/C=C\C/C=C\CCCCC. The van der Waals surface area contributed by atoms with E-state index in [1.807, 2.05) is 33.3 Å². The number of ether oxygens (including phenoxy) is 1. The molecule has 0 aliphatic rings. The second-order valence-electron chi connectivity index (χ2n) is 26.1. The normalized spacial score (nSPS) is 14.0. The van der Waals surface area contributed by atoms with Crippen molar-refractivity contribution < 1.29 is 37.3 Å². The number of nitrogens with one attached hydrogen (secondary N) is 1. The van der Waals surface area contributed by atoms with Crippen molar-refractivity contribution >= 4 is 19.7 Å². The first-order valence-electron chi connectivity index (χ1n) is 36.9. The van der Waals surface area contributed by atoms with Crippen LogP contribution < -0.4 is 5.32 Å². The molecule has 0 saturated heterocycles. The van der Waals surface area contributed by atoms with Crippen molar-refractivity contribution in [3.8, 4) is 0 Å². The van der Waals surface area contributed by atoms with Crippen LogP contribution in [0.4, 0.5) is 0 Å². The third kappa shape index (κ3) is 67.4. The summed E-state index contributed by atoms with van der Waals surface area (Å²) in [5, 5.41) is 3.07. The summed E-state index contributed by atoms with van der Waals surface area (Å²) in [4.78, 5) is 38.0. The number of rotatable bonds is 67. The molecule has 0 heterocycles. The molecular weight excluding hydrogens is 1100 g/mol. The fraction of sp³-hybridized carbons (Fsp3) is 0.792. The van der Waals surface area contributed by atoms with Crippen LogP contribution in [0.5, 0.6) is 0 Å². The summed E-state index contributed by atoms with van der Waals surface area (Å²) in [5.41, 5.74) is 0. The fourth-order valence-corrected chi connectivity index (χ4v) is 11.3. The quantitative estimate of drug-likeness (QED) is 0.0205. The van der Waals surface area contributed by atoms with E-state index in [4.69, 9.17) is 13.8 Å². The van der Waals surface area contributed by atoms with Gasteiger partial charge in [-0.3, -0.25) is 18.6 Å². The summed E-state index contributed by atoms with van der Waals surface area (Å²) in [6.07, 6.45) is 88.7. The molecule has 0 bridgehead atoms. The zero-order valence-corrected chi connectivity index (χ0v) is 58.9. The number of esters is 1. The maximum Gasteiger partial charge on any atom is 0.472 e. The van der Waals surface area contributed by atoms with Crippen LogP contribution in [-0.4, -0.2) is 74.3 Å². The van der Waals surface area contributed by atoms with Crippen LogP contribution in [0.15, 0.2) is 85.1 Å². The lowest BCUT2D eigenvalue weighted by Crippen LogP contribution is -2.47. The van der Waals surface area contributed by atoms with E-state index < -0.39 is 20.0 Å². The Labute approximate surface area is 539 Å². The van der Waals surface area contributed by atoms with Crippen molar-refractivity contribution in [3.05, 3.63) is 85.1 Å².